The Kier molecular flexibility index (Phi) is 8.17. The Bertz CT molecular complexity index is 1490. The van der Waals surface area contributed by atoms with E-state index in [1.807, 2.05) is 26.0 Å². The topological polar surface area (TPSA) is 122 Å². The van der Waals surface area contributed by atoms with Crippen molar-refractivity contribution in [3.63, 3.8) is 0 Å². The molecule has 0 saturated heterocycles. The first-order valence-corrected chi connectivity index (χ1v) is 14.3. The monoisotopic (exact) mass is 551 g/mol. The molecule has 3 rings (SSSR count). The summed E-state index contributed by atoms with van der Waals surface area (Å²) in [6.07, 6.45) is 0.961. The summed E-state index contributed by atoms with van der Waals surface area (Å²) >= 11 is 6.02. The zero-order valence-corrected chi connectivity index (χ0v) is 22.5. The number of methoxy groups -OCH3 is 1. The molecule has 0 radical (unpaired) electrons. The third-order valence-corrected chi connectivity index (χ3v) is 7.91. The normalized spacial score (nSPS) is 11.6. The summed E-state index contributed by atoms with van der Waals surface area (Å²) in [6.45, 7) is 3.17. The number of rotatable bonds is 9. The number of carbonyl (C=O) groups excluding carboxylic acids is 1. The van der Waals surface area contributed by atoms with Crippen LogP contribution in [0.3, 0.4) is 0 Å². The molecule has 12 heteroatoms. The molecule has 36 heavy (non-hydrogen) atoms. The van der Waals surface area contributed by atoms with E-state index in [4.69, 9.17) is 16.3 Å². The molecule has 0 fully saturated rings. The van der Waals surface area contributed by atoms with Crippen molar-refractivity contribution in [1.29, 1.82) is 0 Å². The molecule has 9 nitrogen and oxygen atoms in total. The molecular formula is C24H26ClN3O6S2. The van der Waals surface area contributed by atoms with Gasteiger partial charge in [0.2, 0.25) is 15.9 Å². The molecule has 192 valence electrons. The first-order valence-electron chi connectivity index (χ1n) is 10.6. The van der Waals surface area contributed by atoms with Crippen LogP contribution in [0.15, 0.2) is 65.6 Å². The van der Waals surface area contributed by atoms with Gasteiger partial charge in [-0.25, -0.2) is 16.8 Å². The second kappa shape index (κ2) is 10.8. The van der Waals surface area contributed by atoms with Gasteiger partial charge in [0.25, 0.3) is 10.0 Å². The van der Waals surface area contributed by atoms with E-state index in [1.165, 1.54) is 49.6 Å². The Labute approximate surface area is 216 Å². The van der Waals surface area contributed by atoms with Gasteiger partial charge < -0.3 is 10.1 Å². The van der Waals surface area contributed by atoms with E-state index < -0.39 is 32.5 Å². The van der Waals surface area contributed by atoms with Crippen LogP contribution >= 0.6 is 11.6 Å². The van der Waals surface area contributed by atoms with Crippen LogP contribution in [-0.2, 0) is 24.8 Å². The highest BCUT2D eigenvalue weighted by Crippen LogP contribution is 2.32. The van der Waals surface area contributed by atoms with Gasteiger partial charge in [-0.2, -0.15) is 0 Å². The van der Waals surface area contributed by atoms with Crippen molar-refractivity contribution in [2.45, 2.75) is 18.7 Å². The van der Waals surface area contributed by atoms with Gasteiger partial charge in [-0.05, 0) is 67.9 Å². The fourth-order valence-corrected chi connectivity index (χ4v) is 5.57. The quantitative estimate of drug-likeness (QED) is 0.411. The van der Waals surface area contributed by atoms with Gasteiger partial charge in [-0.3, -0.25) is 13.8 Å². The van der Waals surface area contributed by atoms with Crippen molar-refractivity contribution in [3.05, 3.63) is 76.8 Å². The van der Waals surface area contributed by atoms with E-state index in [-0.39, 0.29) is 27.0 Å². The highest BCUT2D eigenvalue weighted by molar-refractivity contribution is 7.92. The number of hydrogen-bond acceptors (Lipinski definition) is 6. The Hall–Kier alpha value is -3.28. The molecule has 0 aliphatic rings. The van der Waals surface area contributed by atoms with Crippen molar-refractivity contribution in [3.8, 4) is 5.75 Å². The maximum absolute atomic E-state index is 12.8. The Morgan fingerprint density at radius 1 is 0.972 bits per heavy atom. The molecule has 0 heterocycles. The lowest BCUT2D eigenvalue weighted by Gasteiger charge is -2.24. The number of halogens is 1. The summed E-state index contributed by atoms with van der Waals surface area (Å²) in [7, 11) is -6.35. The molecule has 2 N–H and O–H groups in total. The molecular weight excluding hydrogens is 526 g/mol. The highest BCUT2D eigenvalue weighted by Gasteiger charge is 2.24. The number of sulfonamides is 2. The van der Waals surface area contributed by atoms with Gasteiger partial charge in [0.05, 0.1) is 29.6 Å². The minimum atomic E-state index is -3.87. The van der Waals surface area contributed by atoms with Gasteiger partial charge in [-0.1, -0.05) is 29.3 Å². The van der Waals surface area contributed by atoms with Crippen LogP contribution in [0.1, 0.15) is 11.1 Å². The predicted octanol–water partition coefficient (Wildman–Crippen LogP) is 4.17. The first kappa shape index (κ1) is 27.3. The van der Waals surface area contributed by atoms with Crippen LogP contribution in [0.4, 0.5) is 17.1 Å². The van der Waals surface area contributed by atoms with Gasteiger partial charge in [0.1, 0.15) is 12.3 Å². The largest absolute Gasteiger partial charge is 0.495 e. The molecule has 1 amide bonds. The number of ether oxygens (including phenoxy) is 1. The van der Waals surface area contributed by atoms with E-state index in [9.17, 15) is 21.6 Å². The van der Waals surface area contributed by atoms with E-state index in [2.05, 4.69) is 10.0 Å². The number of anilines is 3. The van der Waals surface area contributed by atoms with E-state index in [0.717, 1.165) is 21.7 Å². The number of carbonyl (C=O) groups is 1. The van der Waals surface area contributed by atoms with Crippen molar-refractivity contribution in [2.24, 2.45) is 0 Å². The fraction of sp³-hybridized carbons (Fsp3) is 0.208. The summed E-state index contributed by atoms with van der Waals surface area (Å²) in [4.78, 5) is 12.7. The zero-order chi connectivity index (χ0) is 26.7. The predicted molar refractivity (Wildman–Crippen MR) is 142 cm³/mol. The number of aryl methyl sites for hydroxylation is 2. The van der Waals surface area contributed by atoms with Crippen LogP contribution in [-0.4, -0.2) is 42.7 Å². The smallest absolute Gasteiger partial charge is 0.261 e. The number of hydrogen-bond donors (Lipinski definition) is 2. The van der Waals surface area contributed by atoms with Gasteiger partial charge in [0.15, 0.2) is 0 Å². The summed E-state index contributed by atoms with van der Waals surface area (Å²) in [6, 6.07) is 15.3. The van der Waals surface area contributed by atoms with Gasteiger partial charge in [-0.15, -0.1) is 0 Å². The molecule has 0 saturated carbocycles. The summed E-state index contributed by atoms with van der Waals surface area (Å²) < 4.78 is 59.0. The van der Waals surface area contributed by atoms with Crippen molar-refractivity contribution in [2.75, 3.05) is 34.3 Å². The molecule has 0 atom stereocenters. The van der Waals surface area contributed by atoms with Crippen molar-refractivity contribution >= 4 is 54.6 Å². The van der Waals surface area contributed by atoms with Crippen molar-refractivity contribution in [1.82, 2.24) is 0 Å². The fourth-order valence-electron chi connectivity index (χ4n) is 3.42. The molecule has 3 aromatic carbocycles. The van der Waals surface area contributed by atoms with Gasteiger partial charge >= 0.3 is 0 Å². The molecule has 0 aliphatic heterocycles. The van der Waals surface area contributed by atoms with E-state index in [1.54, 1.807) is 6.07 Å². The third-order valence-electron chi connectivity index (χ3n) is 5.17. The highest BCUT2D eigenvalue weighted by atomic mass is 35.5. The first-order chi connectivity index (χ1) is 16.8. The third kappa shape index (κ3) is 6.68. The van der Waals surface area contributed by atoms with Crippen LogP contribution in [0, 0.1) is 13.8 Å². The standard InChI is InChI=1S/C24H26ClN3O6S2/c1-16-5-11-21(17(2)13-16)27-36(32,33)20-9-7-19(8-10-20)26-24(29)15-28(35(4,30)31)22-14-18(25)6-12-23(22)34-3/h5-14,27H,15H2,1-4H3,(H,26,29). The molecule has 0 unspecified atom stereocenters. The lowest BCUT2D eigenvalue weighted by Crippen LogP contribution is -2.37. The number of nitrogens with one attached hydrogen (secondary N) is 2. The Morgan fingerprint density at radius 2 is 1.64 bits per heavy atom. The maximum Gasteiger partial charge on any atom is 0.261 e. The summed E-state index contributed by atoms with van der Waals surface area (Å²) in [5, 5.41) is 2.85. The van der Waals surface area contributed by atoms with E-state index in [0.29, 0.717) is 5.69 Å². The SMILES string of the molecule is COc1ccc(Cl)cc1N(CC(=O)Nc1ccc(S(=O)(=O)Nc2ccc(C)cc2C)cc1)S(C)(=O)=O. The minimum Gasteiger partial charge on any atom is -0.495 e. The zero-order valence-electron chi connectivity index (χ0n) is 20.1. The van der Waals surface area contributed by atoms with Crippen molar-refractivity contribution < 1.29 is 26.4 Å². The number of nitrogens with zero attached hydrogens (tertiary/aromatic N) is 1. The lowest BCUT2D eigenvalue weighted by atomic mass is 10.1. The molecule has 0 aliphatic carbocycles. The molecule has 3 aromatic rings. The van der Waals surface area contributed by atoms with Crippen LogP contribution in [0.25, 0.3) is 0 Å². The molecule has 0 spiro atoms. The second-order valence-electron chi connectivity index (χ2n) is 8.08. The van der Waals surface area contributed by atoms with Crippen LogP contribution < -0.4 is 19.1 Å². The Balaban J connectivity index is 1.76. The van der Waals surface area contributed by atoms with Crippen LogP contribution in [0.5, 0.6) is 5.75 Å². The lowest BCUT2D eigenvalue weighted by molar-refractivity contribution is -0.114. The summed E-state index contributed by atoms with van der Waals surface area (Å²) in [5.74, 6) is -0.421. The average Bonchev–Trinajstić information content (AvgIpc) is 2.79. The van der Waals surface area contributed by atoms with Gasteiger partial charge in [0, 0.05) is 10.7 Å². The Morgan fingerprint density at radius 3 is 2.22 bits per heavy atom. The minimum absolute atomic E-state index is 0.00176. The molecule has 0 aromatic heterocycles. The van der Waals surface area contributed by atoms with Crippen LogP contribution in [0.2, 0.25) is 5.02 Å². The molecule has 0 bridgehead atoms. The number of benzene rings is 3. The number of amides is 1. The summed E-state index contributed by atoms with van der Waals surface area (Å²) in [5.41, 5.74) is 2.67. The average molecular weight is 552 g/mol. The maximum atomic E-state index is 12.8. The second-order valence-corrected chi connectivity index (χ2v) is 12.1. The van der Waals surface area contributed by atoms with E-state index >= 15 is 0 Å².